The van der Waals surface area contributed by atoms with Gasteiger partial charge < -0.3 is 21.4 Å². The van der Waals surface area contributed by atoms with E-state index in [4.69, 9.17) is 11.5 Å². The van der Waals surface area contributed by atoms with Crippen molar-refractivity contribution in [2.75, 3.05) is 11.5 Å². The first kappa shape index (κ1) is 15.1. The van der Waals surface area contributed by atoms with Gasteiger partial charge in [0.15, 0.2) is 0 Å². The van der Waals surface area contributed by atoms with Crippen LogP contribution in [0.3, 0.4) is 0 Å². The fourth-order valence-corrected chi connectivity index (χ4v) is 2.45. The smallest absolute Gasteiger partial charge is 0.0728 e. The highest BCUT2D eigenvalue weighted by Crippen LogP contribution is 2.16. The van der Waals surface area contributed by atoms with Crippen LogP contribution < -0.4 is 16.8 Å². The molecule has 23 heavy (non-hydrogen) atoms. The highest BCUT2D eigenvalue weighted by atomic mass is 15.0. The number of hydrogen-bond donors (Lipinski definition) is 3. The second-order valence-corrected chi connectivity index (χ2v) is 5.58. The number of anilines is 2. The van der Waals surface area contributed by atoms with Gasteiger partial charge in [-0.05, 0) is 23.3 Å². The maximum Gasteiger partial charge on any atom is 0.0728 e. The maximum absolute atomic E-state index is 5.76. The van der Waals surface area contributed by atoms with Gasteiger partial charge in [-0.1, -0.05) is 30.3 Å². The van der Waals surface area contributed by atoms with E-state index in [2.05, 4.69) is 34.6 Å². The Morgan fingerprint density at radius 2 is 1.57 bits per heavy atom. The number of nitrogen functional groups attached to an aromatic ring is 2. The van der Waals surface area contributed by atoms with Crippen LogP contribution in [-0.2, 0) is 19.6 Å². The first-order chi connectivity index (χ1) is 11.2. The lowest BCUT2D eigenvalue weighted by Gasteiger charge is -2.07. The molecule has 5 nitrogen and oxygen atoms in total. The molecule has 5 heteroatoms. The van der Waals surface area contributed by atoms with E-state index in [0.29, 0.717) is 11.4 Å². The van der Waals surface area contributed by atoms with Crippen LogP contribution >= 0.6 is 0 Å². The summed E-state index contributed by atoms with van der Waals surface area (Å²) >= 11 is 0. The van der Waals surface area contributed by atoms with E-state index in [1.807, 2.05) is 41.4 Å². The molecule has 0 amide bonds. The molecule has 3 aromatic rings. The molecule has 0 unspecified atom stereocenters. The molecule has 0 aliphatic rings. The van der Waals surface area contributed by atoms with Gasteiger partial charge in [-0.25, -0.2) is 0 Å². The third kappa shape index (κ3) is 4.11. The van der Waals surface area contributed by atoms with Crippen LogP contribution in [0, 0.1) is 0 Å². The Morgan fingerprint density at radius 1 is 0.870 bits per heavy atom. The summed E-state index contributed by atoms with van der Waals surface area (Å²) < 4.78 is 2.00. The molecule has 0 saturated carbocycles. The normalized spacial score (nSPS) is 10.8. The largest absolute Gasteiger partial charge is 0.396 e. The molecular weight excluding hydrogens is 286 g/mol. The number of hydrogen-bond acceptors (Lipinski definition) is 4. The number of nitrogens with one attached hydrogen (secondary N) is 1. The van der Waals surface area contributed by atoms with Gasteiger partial charge in [-0.2, -0.15) is 0 Å². The van der Waals surface area contributed by atoms with Crippen molar-refractivity contribution < 1.29 is 0 Å². The third-order valence-corrected chi connectivity index (χ3v) is 3.69. The van der Waals surface area contributed by atoms with Crippen molar-refractivity contribution in [1.29, 1.82) is 0 Å². The van der Waals surface area contributed by atoms with E-state index in [1.54, 1.807) is 0 Å². The second-order valence-electron chi connectivity index (χ2n) is 5.58. The van der Waals surface area contributed by atoms with E-state index in [0.717, 1.165) is 25.3 Å². The summed E-state index contributed by atoms with van der Waals surface area (Å²) in [5.74, 6) is 0. The second kappa shape index (κ2) is 6.98. The van der Waals surface area contributed by atoms with Gasteiger partial charge in [0.05, 0.1) is 17.1 Å². The van der Waals surface area contributed by atoms with Crippen molar-refractivity contribution in [3.05, 3.63) is 77.9 Å². The zero-order valence-electron chi connectivity index (χ0n) is 12.9. The lowest BCUT2D eigenvalue weighted by Crippen LogP contribution is -2.13. The van der Waals surface area contributed by atoms with Crippen molar-refractivity contribution in [2.24, 2.45) is 0 Å². The molecule has 0 aliphatic heterocycles. The summed E-state index contributed by atoms with van der Waals surface area (Å²) in [5, 5.41) is 3.40. The van der Waals surface area contributed by atoms with Gasteiger partial charge in [0.1, 0.15) is 0 Å². The van der Waals surface area contributed by atoms with Crippen molar-refractivity contribution in [2.45, 2.75) is 19.6 Å². The summed E-state index contributed by atoms with van der Waals surface area (Å²) in [4.78, 5) is 4.29. The van der Waals surface area contributed by atoms with E-state index in [1.165, 1.54) is 11.1 Å². The number of pyridine rings is 1. The molecule has 0 aliphatic carbocycles. The topological polar surface area (TPSA) is 81.9 Å². The molecule has 2 aromatic heterocycles. The monoisotopic (exact) mass is 307 g/mol. The molecule has 3 rings (SSSR count). The highest BCUT2D eigenvalue weighted by molar-refractivity contribution is 5.61. The third-order valence-electron chi connectivity index (χ3n) is 3.69. The van der Waals surface area contributed by atoms with E-state index in [-0.39, 0.29) is 0 Å². The Bertz CT molecular complexity index is 727. The molecule has 118 valence electrons. The number of nitrogens with zero attached hydrogens (tertiary/aromatic N) is 2. The van der Waals surface area contributed by atoms with Crippen LogP contribution in [0.25, 0.3) is 0 Å². The van der Waals surface area contributed by atoms with Crippen LogP contribution in [0.15, 0.2) is 61.1 Å². The molecule has 0 radical (unpaired) electrons. The Balaban J connectivity index is 1.52. The van der Waals surface area contributed by atoms with Gasteiger partial charge in [0, 0.05) is 38.2 Å². The molecular formula is C18H21N5. The summed E-state index contributed by atoms with van der Waals surface area (Å²) in [5.41, 5.74) is 16.3. The molecule has 0 atom stereocenters. The van der Waals surface area contributed by atoms with Gasteiger partial charge in [0.2, 0.25) is 0 Å². The minimum atomic E-state index is 0.625. The van der Waals surface area contributed by atoms with Gasteiger partial charge >= 0.3 is 0 Å². The molecule has 1 aromatic carbocycles. The number of aromatic nitrogens is 2. The Hall–Kier alpha value is -2.79. The quantitative estimate of drug-likeness (QED) is 0.653. The van der Waals surface area contributed by atoms with Crippen LogP contribution in [-0.4, -0.2) is 9.55 Å². The van der Waals surface area contributed by atoms with Crippen molar-refractivity contribution in [1.82, 2.24) is 14.9 Å². The average molecular weight is 307 g/mol. The molecule has 2 heterocycles. The lowest BCUT2D eigenvalue weighted by atomic mass is 10.1. The minimum Gasteiger partial charge on any atom is -0.396 e. The number of rotatable bonds is 6. The highest BCUT2D eigenvalue weighted by Gasteiger charge is 2.01. The van der Waals surface area contributed by atoms with E-state index < -0.39 is 0 Å². The average Bonchev–Trinajstić information content (AvgIpc) is 2.88. The zero-order valence-corrected chi connectivity index (χ0v) is 12.9. The van der Waals surface area contributed by atoms with Gasteiger partial charge in [0.25, 0.3) is 0 Å². The maximum atomic E-state index is 5.76. The standard InChI is InChI=1S/C18H21N5/c19-17-12-23(13-18(17)20)11-15-6-4-14(5-7-15)9-21-10-16-3-1-2-8-22-16/h1-8,12-13,21H,9-11,19-20H2. The predicted molar refractivity (Wildman–Crippen MR) is 93.6 cm³/mol. The number of nitrogens with two attached hydrogens (primary N) is 2. The Kier molecular flexibility index (Phi) is 4.59. The minimum absolute atomic E-state index is 0.625. The van der Waals surface area contributed by atoms with Gasteiger partial charge in [-0.3, -0.25) is 4.98 Å². The summed E-state index contributed by atoms with van der Waals surface area (Å²) in [6.45, 7) is 2.35. The SMILES string of the molecule is Nc1cn(Cc2ccc(CNCc3ccccn3)cc2)cc1N. The predicted octanol–water partition coefficient (Wildman–Crippen LogP) is 2.39. The summed E-state index contributed by atoms with van der Waals surface area (Å²) in [6, 6.07) is 14.5. The zero-order chi connectivity index (χ0) is 16.1. The fourth-order valence-electron chi connectivity index (χ4n) is 2.45. The lowest BCUT2D eigenvalue weighted by molar-refractivity contribution is 0.679. The molecule has 0 spiro atoms. The molecule has 5 N–H and O–H groups in total. The van der Waals surface area contributed by atoms with Gasteiger partial charge in [-0.15, -0.1) is 0 Å². The van der Waals surface area contributed by atoms with Crippen molar-refractivity contribution >= 4 is 11.4 Å². The van der Waals surface area contributed by atoms with E-state index in [9.17, 15) is 0 Å². The number of benzene rings is 1. The molecule has 0 saturated heterocycles. The molecule has 0 fully saturated rings. The van der Waals surface area contributed by atoms with Crippen molar-refractivity contribution in [3.8, 4) is 0 Å². The Labute approximate surface area is 136 Å². The van der Waals surface area contributed by atoms with Crippen LogP contribution in [0.2, 0.25) is 0 Å². The van der Waals surface area contributed by atoms with Crippen LogP contribution in [0.1, 0.15) is 16.8 Å². The first-order valence-corrected chi connectivity index (χ1v) is 7.60. The molecule has 0 bridgehead atoms. The van der Waals surface area contributed by atoms with Crippen LogP contribution in [0.4, 0.5) is 11.4 Å². The summed E-state index contributed by atoms with van der Waals surface area (Å²) in [6.07, 6.45) is 5.53. The summed E-state index contributed by atoms with van der Waals surface area (Å²) in [7, 11) is 0. The van der Waals surface area contributed by atoms with Crippen LogP contribution in [0.5, 0.6) is 0 Å². The van der Waals surface area contributed by atoms with E-state index >= 15 is 0 Å². The first-order valence-electron chi connectivity index (χ1n) is 7.60. The Morgan fingerprint density at radius 3 is 2.22 bits per heavy atom. The van der Waals surface area contributed by atoms with Crippen molar-refractivity contribution in [3.63, 3.8) is 0 Å². The fraction of sp³-hybridized carbons (Fsp3) is 0.167.